The molecular weight excluding hydrogens is 737 g/mol. The van der Waals surface area contributed by atoms with E-state index in [1.54, 1.807) is 18.5 Å². The van der Waals surface area contributed by atoms with Crippen LogP contribution in [0.15, 0.2) is 30.5 Å². The molecule has 0 bridgehead atoms. The Morgan fingerprint density at radius 3 is 2.18 bits per heavy atom. The number of nitrogens with zero attached hydrogens (tertiary/aromatic N) is 1. The standard InChI is InChI=1S/C36H52N8O10S/c1-20(2)14-26(42-36(54)29-10-7-12-44(29)21(3)46)32(50)38-17-30(47)40-25(11-13-55-4)34(52)41-27(15-22-16-37-24-9-6-5-8-23(22)24)35(53)43-28(19-45)33(51)39-18-31(48)49/h5-6,8-9,16,20,25-29,37,45H,7,10-15,17-19H2,1-4H3,(H,38,50)(H,39,51)(H,40,47)(H,41,52)(H,42,54)(H,43,53)(H,48,49)/t25-,26-,27-,28-,29-/m0/s1. The van der Waals surface area contributed by atoms with E-state index in [0.717, 1.165) is 10.9 Å². The Morgan fingerprint density at radius 1 is 0.873 bits per heavy atom. The van der Waals surface area contributed by atoms with E-state index in [-0.39, 0.29) is 31.1 Å². The average molecular weight is 789 g/mol. The van der Waals surface area contributed by atoms with Crippen LogP contribution in [0.5, 0.6) is 0 Å². The third-order valence-corrected chi connectivity index (χ3v) is 9.59. The zero-order chi connectivity index (χ0) is 40.7. The van der Waals surface area contributed by atoms with E-state index in [1.807, 2.05) is 32.0 Å². The van der Waals surface area contributed by atoms with Crippen LogP contribution in [0.25, 0.3) is 10.9 Å². The number of carbonyl (C=O) groups is 8. The summed E-state index contributed by atoms with van der Waals surface area (Å²) in [4.78, 5) is 107. The third kappa shape index (κ3) is 13.6. The number of nitrogens with one attached hydrogen (secondary N) is 7. The van der Waals surface area contributed by atoms with E-state index in [1.165, 1.54) is 23.6 Å². The molecule has 302 valence electrons. The lowest BCUT2D eigenvalue weighted by molar-refractivity contribution is -0.139. The van der Waals surface area contributed by atoms with Gasteiger partial charge >= 0.3 is 5.97 Å². The van der Waals surface area contributed by atoms with Gasteiger partial charge in [-0.1, -0.05) is 32.0 Å². The van der Waals surface area contributed by atoms with Crippen molar-refractivity contribution in [3.05, 3.63) is 36.0 Å². The largest absolute Gasteiger partial charge is 0.480 e. The van der Waals surface area contributed by atoms with E-state index >= 15 is 0 Å². The summed E-state index contributed by atoms with van der Waals surface area (Å²) in [6.07, 6.45) is 4.94. The summed E-state index contributed by atoms with van der Waals surface area (Å²) in [5, 5.41) is 34.5. The van der Waals surface area contributed by atoms with Gasteiger partial charge in [0.05, 0.1) is 13.2 Å². The van der Waals surface area contributed by atoms with Gasteiger partial charge in [0.1, 0.15) is 36.8 Å². The van der Waals surface area contributed by atoms with E-state index < -0.39 is 91.3 Å². The number of rotatable bonds is 21. The van der Waals surface area contributed by atoms with Gasteiger partial charge in [-0.05, 0) is 55.2 Å². The number of amides is 7. The Labute approximate surface area is 323 Å². The normalized spacial score (nSPS) is 16.0. The molecule has 1 fully saturated rings. The molecule has 9 N–H and O–H groups in total. The van der Waals surface area contributed by atoms with Crippen LogP contribution in [0, 0.1) is 5.92 Å². The molecular formula is C36H52N8O10S. The summed E-state index contributed by atoms with van der Waals surface area (Å²) >= 11 is 1.41. The number of carboxylic acid groups (broad SMARTS) is 1. The lowest BCUT2D eigenvalue weighted by atomic mass is 10.0. The number of likely N-dealkylation sites (tertiary alicyclic amines) is 1. The highest BCUT2D eigenvalue weighted by Crippen LogP contribution is 2.20. The fraction of sp³-hybridized carbons (Fsp3) is 0.556. The fourth-order valence-electron chi connectivity index (χ4n) is 6.18. The first kappa shape index (κ1) is 44.2. The minimum absolute atomic E-state index is 0.00169. The van der Waals surface area contributed by atoms with Crippen LogP contribution in [0.1, 0.15) is 52.0 Å². The summed E-state index contributed by atoms with van der Waals surface area (Å²) in [6.45, 7) is 3.44. The number of carbonyl (C=O) groups excluding carboxylic acids is 7. The Hall–Kier alpha value is -5.17. The monoisotopic (exact) mass is 788 g/mol. The van der Waals surface area contributed by atoms with Gasteiger partial charge in [0, 0.05) is 37.0 Å². The number of thioether (sulfide) groups is 1. The second-order valence-corrected chi connectivity index (χ2v) is 14.6. The van der Waals surface area contributed by atoms with E-state index in [9.17, 15) is 43.5 Å². The summed E-state index contributed by atoms with van der Waals surface area (Å²) in [6, 6.07) is 1.58. The molecule has 1 aromatic heterocycles. The Morgan fingerprint density at radius 2 is 1.53 bits per heavy atom. The van der Waals surface area contributed by atoms with Gasteiger partial charge in [0.15, 0.2) is 0 Å². The molecule has 1 aromatic carbocycles. The molecule has 55 heavy (non-hydrogen) atoms. The second kappa shape index (κ2) is 21.7. The zero-order valence-electron chi connectivity index (χ0n) is 31.4. The number of aliphatic carboxylic acids is 1. The summed E-state index contributed by atoms with van der Waals surface area (Å²) < 4.78 is 0. The van der Waals surface area contributed by atoms with Crippen LogP contribution in [-0.4, -0.2) is 136 Å². The molecule has 2 aromatic rings. The zero-order valence-corrected chi connectivity index (χ0v) is 32.3. The van der Waals surface area contributed by atoms with Gasteiger partial charge in [0.2, 0.25) is 41.4 Å². The molecule has 18 nitrogen and oxygen atoms in total. The van der Waals surface area contributed by atoms with Crippen LogP contribution in [0.2, 0.25) is 0 Å². The highest BCUT2D eigenvalue weighted by Gasteiger charge is 2.35. The summed E-state index contributed by atoms with van der Waals surface area (Å²) in [5.74, 6) is -5.46. The van der Waals surface area contributed by atoms with Gasteiger partial charge in [-0.3, -0.25) is 38.4 Å². The highest BCUT2D eigenvalue weighted by molar-refractivity contribution is 7.98. The van der Waals surface area contributed by atoms with Crippen LogP contribution >= 0.6 is 11.8 Å². The molecule has 0 radical (unpaired) electrons. The minimum atomic E-state index is -1.53. The number of fused-ring (bicyclic) bond motifs is 1. The quantitative estimate of drug-likeness (QED) is 0.0723. The maximum absolute atomic E-state index is 13.8. The van der Waals surface area contributed by atoms with Gasteiger partial charge in [-0.15, -0.1) is 0 Å². The number of aliphatic hydroxyl groups excluding tert-OH is 1. The summed E-state index contributed by atoms with van der Waals surface area (Å²) in [7, 11) is 0. The van der Waals surface area contributed by atoms with Crippen molar-refractivity contribution in [3.63, 3.8) is 0 Å². The SMILES string of the molecule is CSCC[C@H](NC(=O)CNC(=O)[C@H](CC(C)C)NC(=O)[C@@H]1CCCN1C(C)=O)C(=O)N[C@@H](Cc1c[nH]c2ccccc12)C(=O)N[C@@H](CO)C(=O)NCC(=O)O. The Balaban J connectivity index is 1.73. The van der Waals surface area contributed by atoms with Crippen LogP contribution in [0.4, 0.5) is 0 Å². The number of hydrogen-bond donors (Lipinski definition) is 9. The van der Waals surface area contributed by atoms with Crippen LogP contribution in [0.3, 0.4) is 0 Å². The molecule has 5 atom stereocenters. The van der Waals surface area contributed by atoms with Crippen molar-refractivity contribution < 1.29 is 48.6 Å². The van der Waals surface area contributed by atoms with Crippen molar-refractivity contribution in [2.75, 3.05) is 38.2 Å². The van der Waals surface area contributed by atoms with Crippen LogP contribution < -0.4 is 31.9 Å². The molecule has 0 unspecified atom stereocenters. The molecule has 0 spiro atoms. The van der Waals surface area contributed by atoms with Crippen molar-refractivity contribution in [2.45, 2.75) is 83.1 Å². The van der Waals surface area contributed by atoms with E-state index in [0.29, 0.717) is 30.7 Å². The maximum Gasteiger partial charge on any atom is 0.322 e. The molecule has 1 aliphatic rings. The van der Waals surface area contributed by atoms with Crippen LogP contribution in [-0.2, 0) is 44.8 Å². The average Bonchev–Trinajstić information content (AvgIpc) is 3.81. The Bertz CT molecular complexity index is 1700. The van der Waals surface area contributed by atoms with Gasteiger partial charge in [0.25, 0.3) is 0 Å². The number of aliphatic hydroxyl groups is 1. The highest BCUT2D eigenvalue weighted by atomic mass is 32.2. The molecule has 0 aliphatic carbocycles. The van der Waals surface area contributed by atoms with Crippen molar-refractivity contribution in [1.29, 1.82) is 0 Å². The number of aromatic nitrogens is 1. The molecule has 1 aliphatic heterocycles. The topological polar surface area (TPSA) is 268 Å². The number of carboxylic acids is 1. The maximum atomic E-state index is 13.8. The van der Waals surface area contributed by atoms with E-state index in [4.69, 9.17) is 5.11 Å². The molecule has 0 saturated carbocycles. The lowest BCUT2D eigenvalue weighted by Crippen LogP contribution is -2.59. The van der Waals surface area contributed by atoms with Crippen molar-refractivity contribution in [2.24, 2.45) is 5.92 Å². The second-order valence-electron chi connectivity index (χ2n) is 13.7. The first-order chi connectivity index (χ1) is 26.1. The van der Waals surface area contributed by atoms with Gasteiger partial charge < -0.3 is 52.0 Å². The van der Waals surface area contributed by atoms with Gasteiger partial charge in [-0.2, -0.15) is 11.8 Å². The van der Waals surface area contributed by atoms with Gasteiger partial charge in [-0.25, -0.2) is 0 Å². The molecule has 3 rings (SSSR count). The molecule has 7 amide bonds. The first-order valence-corrected chi connectivity index (χ1v) is 19.4. The predicted molar refractivity (Wildman–Crippen MR) is 203 cm³/mol. The number of H-pyrrole nitrogens is 1. The van der Waals surface area contributed by atoms with Crippen molar-refractivity contribution in [1.82, 2.24) is 41.8 Å². The van der Waals surface area contributed by atoms with Crippen molar-refractivity contribution in [3.8, 4) is 0 Å². The number of aromatic amines is 1. The number of hydrogen-bond acceptors (Lipinski definition) is 10. The number of para-hydroxylation sites is 1. The predicted octanol–water partition coefficient (Wildman–Crippen LogP) is -1.23. The minimum Gasteiger partial charge on any atom is -0.480 e. The first-order valence-electron chi connectivity index (χ1n) is 18.0. The lowest BCUT2D eigenvalue weighted by Gasteiger charge is -2.26. The smallest absolute Gasteiger partial charge is 0.322 e. The third-order valence-electron chi connectivity index (χ3n) is 8.95. The van der Waals surface area contributed by atoms with E-state index in [2.05, 4.69) is 36.9 Å². The van der Waals surface area contributed by atoms with Crippen molar-refractivity contribution >= 4 is 70.0 Å². The Kier molecular flexibility index (Phi) is 17.4. The molecule has 1 saturated heterocycles. The molecule has 19 heteroatoms. The molecule has 2 heterocycles. The summed E-state index contributed by atoms with van der Waals surface area (Å²) in [5.41, 5.74) is 1.41. The number of benzene rings is 1. The fourth-order valence-corrected chi connectivity index (χ4v) is 6.65.